The van der Waals surface area contributed by atoms with Crippen molar-refractivity contribution in [3.05, 3.63) is 0 Å². The summed E-state index contributed by atoms with van der Waals surface area (Å²) in [6, 6.07) is 1.36. The van der Waals surface area contributed by atoms with Gasteiger partial charge in [0.05, 0.1) is 0 Å². The van der Waals surface area contributed by atoms with Crippen molar-refractivity contribution in [2.45, 2.75) is 129 Å². The highest BCUT2D eigenvalue weighted by atomic mass is 28.4. The molecule has 140 valence electrons. The Morgan fingerprint density at radius 2 is 0.870 bits per heavy atom. The molecule has 0 rings (SSSR count). The van der Waals surface area contributed by atoms with Crippen molar-refractivity contribution in [3.8, 4) is 0 Å². The third-order valence-corrected chi connectivity index (χ3v) is 10.7. The molecule has 0 saturated carbocycles. The lowest BCUT2D eigenvalue weighted by molar-refractivity contribution is 0.527. The van der Waals surface area contributed by atoms with Crippen LogP contribution < -0.4 is 0 Å². The highest BCUT2D eigenvalue weighted by Gasteiger charge is 2.28. The van der Waals surface area contributed by atoms with Gasteiger partial charge in [0.1, 0.15) is 0 Å². The van der Waals surface area contributed by atoms with E-state index < -0.39 is 16.6 Å². The Morgan fingerprint density at radius 1 is 0.522 bits per heavy atom. The minimum Gasteiger partial charge on any atom is -0.456 e. The van der Waals surface area contributed by atoms with Crippen LogP contribution in [0, 0.1) is 0 Å². The van der Waals surface area contributed by atoms with E-state index in [0.717, 1.165) is 0 Å². The second kappa shape index (κ2) is 13.7. The van der Waals surface area contributed by atoms with Crippen LogP contribution in [-0.2, 0) is 4.12 Å². The first-order valence-corrected chi connectivity index (χ1v) is 17.0. The largest absolute Gasteiger partial charge is 0.456 e. The van der Waals surface area contributed by atoms with Gasteiger partial charge in [0.2, 0.25) is 0 Å². The smallest absolute Gasteiger partial charge is 0.173 e. The molecule has 0 saturated heterocycles. The molecule has 0 aromatic heterocycles. The Kier molecular flexibility index (Phi) is 13.9. The zero-order valence-electron chi connectivity index (χ0n) is 17.3. The predicted octanol–water partition coefficient (Wildman–Crippen LogP) is 8.13. The van der Waals surface area contributed by atoms with Gasteiger partial charge in [-0.3, -0.25) is 0 Å². The zero-order chi connectivity index (χ0) is 17.6. The minimum absolute atomic E-state index is 1.34. The van der Waals surface area contributed by atoms with Gasteiger partial charge in [-0.1, -0.05) is 90.4 Å². The van der Waals surface area contributed by atoms with E-state index in [2.05, 4.69) is 39.7 Å². The van der Waals surface area contributed by atoms with E-state index in [0.29, 0.717) is 0 Å². The van der Waals surface area contributed by atoms with E-state index in [4.69, 9.17) is 4.12 Å². The molecule has 0 unspecified atom stereocenters. The molecule has 1 nitrogen and oxygen atoms in total. The Hall–Kier alpha value is 0.394. The molecular weight excluding hydrogens is 312 g/mol. The van der Waals surface area contributed by atoms with E-state index in [1.807, 2.05) is 0 Å². The maximum atomic E-state index is 6.41. The fourth-order valence-electron chi connectivity index (χ4n) is 3.45. The molecular formula is C20H46OSi2. The molecule has 0 amide bonds. The predicted molar refractivity (Wildman–Crippen MR) is 112 cm³/mol. The Balaban J connectivity index is 3.30. The summed E-state index contributed by atoms with van der Waals surface area (Å²) in [7, 11) is -2.71. The monoisotopic (exact) mass is 358 g/mol. The van der Waals surface area contributed by atoms with Gasteiger partial charge in [-0.2, -0.15) is 0 Å². The summed E-state index contributed by atoms with van der Waals surface area (Å²) in [5, 5.41) is 0. The lowest BCUT2D eigenvalue weighted by Crippen LogP contribution is -2.42. The Morgan fingerprint density at radius 3 is 1.22 bits per heavy atom. The third kappa shape index (κ3) is 18.6. The Bertz CT molecular complexity index is 259. The molecule has 0 N–H and O–H groups in total. The van der Waals surface area contributed by atoms with E-state index in [1.54, 1.807) is 0 Å². The van der Waals surface area contributed by atoms with Gasteiger partial charge >= 0.3 is 0 Å². The van der Waals surface area contributed by atoms with Gasteiger partial charge in [-0.05, 0) is 38.8 Å². The maximum absolute atomic E-state index is 6.41. The lowest BCUT2D eigenvalue weighted by Gasteiger charge is -2.31. The number of rotatable bonds is 16. The van der Waals surface area contributed by atoms with Crippen molar-refractivity contribution in [1.29, 1.82) is 0 Å². The normalized spacial score (nSPS) is 12.8. The lowest BCUT2D eigenvalue weighted by atomic mass is 10.1. The molecule has 0 aliphatic carbocycles. The van der Waals surface area contributed by atoms with Gasteiger partial charge in [-0.15, -0.1) is 0 Å². The summed E-state index contributed by atoms with van der Waals surface area (Å²) in [5.41, 5.74) is 0. The fraction of sp³-hybridized carbons (Fsp3) is 1.00. The summed E-state index contributed by atoms with van der Waals surface area (Å²) >= 11 is 0. The SMILES string of the molecule is CCCCCCCCCCCCCCC[Si](C)(C)O[Si](C)(C)C. The number of unbranched alkanes of at least 4 members (excludes halogenated alkanes) is 12. The van der Waals surface area contributed by atoms with Crippen LogP contribution in [0.4, 0.5) is 0 Å². The molecule has 0 radical (unpaired) electrons. The molecule has 0 fully saturated rings. The molecule has 0 aromatic rings. The van der Waals surface area contributed by atoms with Crippen LogP contribution in [0.2, 0.25) is 38.8 Å². The van der Waals surface area contributed by atoms with Crippen molar-refractivity contribution in [1.82, 2.24) is 0 Å². The van der Waals surface area contributed by atoms with Crippen molar-refractivity contribution in [2.75, 3.05) is 0 Å². The van der Waals surface area contributed by atoms with Crippen molar-refractivity contribution in [3.63, 3.8) is 0 Å². The van der Waals surface area contributed by atoms with Crippen molar-refractivity contribution in [2.24, 2.45) is 0 Å². The molecule has 0 spiro atoms. The molecule has 0 atom stereocenters. The summed E-state index contributed by atoms with van der Waals surface area (Å²) in [6.45, 7) is 14.1. The number of hydrogen-bond donors (Lipinski definition) is 0. The Labute approximate surface area is 150 Å². The molecule has 0 aromatic carbocycles. The second-order valence-corrected chi connectivity index (χ2v) is 18.0. The molecule has 0 aliphatic rings. The quantitative estimate of drug-likeness (QED) is 0.200. The van der Waals surface area contributed by atoms with Crippen LogP contribution in [0.3, 0.4) is 0 Å². The van der Waals surface area contributed by atoms with E-state index in [-0.39, 0.29) is 0 Å². The van der Waals surface area contributed by atoms with Crippen LogP contribution in [-0.4, -0.2) is 16.6 Å². The third-order valence-electron chi connectivity index (χ3n) is 4.46. The summed E-state index contributed by atoms with van der Waals surface area (Å²) in [5.74, 6) is 0. The summed E-state index contributed by atoms with van der Waals surface area (Å²) < 4.78 is 6.41. The summed E-state index contributed by atoms with van der Waals surface area (Å²) in [4.78, 5) is 0. The van der Waals surface area contributed by atoms with Crippen LogP contribution in [0.1, 0.15) is 90.4 Å². The topological polar surface area (TPSA) is 9.23 Å². The highest BCUT2D eigenvalue weighted by molar-refractivity contribution is 6.84. The molecule has 0 aliphatic heterocycles. The van der Waals surface area contributed by atoms with E-state index in [1.165, 1.54) is 89.5 Å². The first kappa shape index (κ1) is 23.4. The zero-order valence-corrected chi connectivity index (χ0v) is 19.3. The highest BCUT2D eigenvalue weighted by Crippen LogP contribution is 2.21. The first-order valence-electron chi connectivity index (χ1n) is 10.5. The van der Waals surface area contributed by atoms with Crippen LogP contribution in [0.25, 0.3) is 0 Å². The molecule has 0 heterocycles. The van der Waals surface area contributed by atoms with Gasteiger partial charge in [0.15, 0.2) is 16.6 Å². The molecule has 23 heavy (non-hydrogen) atoms. The van der Waals surface area contributed by atoms with E-state index >= 15 is 0 Å². The average Bonchev–Trinajstić information content (AvgIpc) is 2.41. The molecule has 0 bridgehead atoms. The van der Waals surface area contributed by atoms with Crippen molar-refractivity contribution >= 4 is 16.6 Å². The van der Waals surface area contributed by atoms with Gasteiger partial charge in [0.25, 0.3) is 0 Å². The van der Waals surface area contributed by atoms with E-state index in [9.17, 15) is 0 Å². The first-order chi connectivity index (χ1) is 10.8. The van der Waals surface area contributed by atoms with Crippen LogP contribution >= 0.6 is 0 Å². The minimum atomic E-state index is -1.38. The van der Waals surface area contributed by atoms with Gasteiger partial charge < -0.3 is 4.12 Å². The standard InChI is InChI=1S/C20H46OSi2/c1-7-8-9-10-11-12-13-14-15-16-17-18-19-20-23(5,6)21-22(2,3)4/h7-20H2,1-6H3. The van der Waals surface area contributed by atoms with Gasteiger partial charge in [0, 0.05) is 0 Å². The van der Waals surface area contributed by atoms with Crippen LogP contribution in [0.15, 0.2) is 0 Å². The second-order valence-electron chi connectivity index (χ2n) is 8.97. The maximum Gasteiger partial charge on any atom is 0.173 e. The van der Waals surface area contributed by atoms with Gasteiger partial charge in [-0.25, -0.2) is 0 Å². The number of hydrogen-bond acceptors (Lipinski definition) is 1. The van der Waals surface area contributed by atoms with Crippen molar-refractivity contribution < 1.29 is 4.12 Å². The summed E-state index contributed by atoms with van der Waals surface area (Å²) in [6.07, 6.45) is 18.7. The average molecular weight is 359 g/mol. The molecule has 3 heteroatoms. The fourth-order valence-corrected chi connectivity index (χ4v) is 11.6. The van der Waals surface area contributed by atoms with Crippen LogP contribution in [0.5, 0.6) is 0 Å².